The molecule has 0 aliphatic rings. The number of anilines is 1. The Morgan fingerprint density at radius 3 is 2.79 bits per heavy atom. The third-order valence-corrected chi connectivity index (χ3v) is 3.96. The number of halogens is 1. The number of pyridine rings is 1. The zero-order valence-corrected chi connectivity index (χ0v) is 12.5. The van der Waals surface area contributed by atoms with E-state index in [9.17, 15) is 9.00 Å². The average Bonchev–Trinajstić information content (AvgIpc) is 2.39. The fourth-order valence-electron chi connectivity index (χ4n) is 1.50. The van der Waals surface area contributed by atoms with Crippen molar-refractivity contribution >= 4 is 38.3 Å². The van der Waals surface area contributed by atoms with Crippen LogP contribution in [0.25, 0.3) is 0 Å². The molecule has 4 nitrogen and oxygen atoms in total. The Kier molecular flexibility index (Phi) is 4.44. The van der Waals surface area contributed by atoms with E-state index < -0.39 is 10.8 Å². The Hall–Kier alpha value is -1.53. The smallest absolute Gasteiger partial charge is 0.275 e. The number of hydrogen-bond acceptors (Lipinski definition) is 3. The highest BCUT2D eigenvalue weighted by Crippen LogP contribution is 2.17. The van der Waals surface area contributed by atoms with Crippen LogP contribution >= 0.6 is 15.9 Å². The van der Waals surface area contributed by atoms with Crippen molar-refractivity contribution in [3.8, 4) is 0 Å². The lowest BCUT2D eigenvalue weighted by Gasteiger charge is -2.07. The van der Waals surface area contributed by atoms with Crippen LogP contribution in [0.1, 0.15) is 10.5 Å². The quantitative estimate of drug-likeness (QED) is 0.936. The lowest BCUT2D eigenvalue weighted by molar-refractivity contribution is 0.102. The largest absolute Gasteiger partial charge is 0.321 e. The van der Waals surface area contributed by atoms with Gasteiger partial charge >= 0.3 is 0 Å². The van der Waals surface area contributed by atoms with Crippen molar-refractivity contribution in [3.05, 3.63) is 52.8 Å². The van der Waals surface area contributed by atoms with Gasteiger partial charge in [-0.05, 0) is 46.3 Å². The fraction of sp³-hybridized carbons (Fsp3) is 0.0769. The van der Waals surface area contributed by atoms with E-state index >= 15 is 0 Å². The first-order valence-electron chi connectivity index (χ1n) is 5.43. The molecule has 1 N–H and O–H groups in total. The second kappa shape index (κ2) is 6.08. The van der Waals surface area contributed by atoms with Crippen LogP contribution in [0, 0.1) is 0 Å². The molecule has 2 rings (SSSR count). The molecule has 6 heteroatoms. The van der Waals surface area contributed by atoms with Gasteiger partial charge in [-0.1, -0.05) is 6.07 Å². The minimum atomic E-state index is -1.08. The summed E-state index contributed by atoms with van der Waals surface area (Å²) in [6, 6.07) is 10.4. The lowest BCUT2D eigenvalue weighted by atomic mass is 10.3. The van der Waals surface area contributed by atoms with Gasteiger partial charge in [0.1, 0.15) is 5.69 Å². The third-order valence-electron chi connectivity index (χ3n) is 2.40. The predicted molar refractivity (Wildman–Crippen MR) is 78.7 cm³/mol. The zero-order chi connectivity index (χ0) is 13.8. The summed E-state index contributed by atoms with van der Waals surface area (Å²) in [5.74, 6) is -0.313. The Morgan fingerprint density at radius 2 is 2.11 bits per heavy atom. The van der Waals surface area contributed by atoms with E-state index in [2.05, 4.69) is 26.2 Å². The molecule has 1 aromatic carbocycles. The van der Waals surface area contributed by atoms with E-state index in [1.807, 2.05) is 0 Å². The minimum Gasteiger partial charge on any atom is -0.321 e. The molecule has 0 radical (unpaired) electrons. The zero-order valence-electron chi connectivity index (χ0n) is 10.1. The number of hydrogen-bond donors (Lipinski definition) is 1. The number of nitrogens with zero attached hydrogens (tertiary/aromatic N) is 1. The fourth-order valence-corrected chi connectivity index (χ4v) is 2.49. The van der Waals surface area contributed by atoms with Gasteiger partial charge < -0.3 is 5.32 Å². The van der Waals surface area contributed by atoms with Crippen molar-refractivity contribution in [2.24, 2.45) is 0 Å². The van der Waals surface area contributed by atoms with E-state index in [1.54, 1.807) is 48.9 Å². The summed E-state index contributed by atoms with van der Waals surface area (Å²) in [5.41, 5.74) is 0.903. The van der Waals surface area contributed by atoms with Crippen LogP contribution in [0.3, 0.4) is 0 Å². The molecule has 1 aromatic heterocycles. The summed E-state index contributed by atoms with van der Waals surface area (Å²) in [6.07, 6.45) is 3.15. The summed E-state index contributed by atoms with van der Waals surface area (Å²) in [7, 11) is -1.08. The van der Waals surface area contributed by atoms with Crippen LogP contribution in [0.5, 0.6) is 0 Å². The van der Waals surface area contributed by atoms with Crippen molar-refractivity contribution in [2.75, 3.05) is 11.6 Å². The average molecular weight is 339 g/mol. The molecule has 1 unspecified atom stereocenters. The summed E-state index contributed by atoms with van der Waals surface area (Å²) in [5, 5.41) is 2.73. The number of carbonyl (C=O) groups excluding carboxylic acids is 1. The maximum atomic E-state index is 12.0. The molecule has 0 aliphatic carbocycles. The molecular formula is C13H11BrN2O2S. The van der Waals surface area contributed by atoms with Gasteiger partial charge in [-0.15, -0.1) is 0 Å². The van der Waals surface area contributed by atoms with E-state index in [4.69, 9.17) is 0 Å². The molecule has 2 aromatic rings. The second-order valence-corrected chi connectivity index (χ2v) is 6.00. The molecule has 1 heterocycles. The summed E-state index contributed by atoms with van der Waals surface area (Å²) < 4.78 is 12.0. The van der Waals surface area contributed by atoms with Gasteiger partial charge in [-0.3, -0.25) is 9.00 Å². The van der Waals surface area contributed by atoms with E-state index in [0.717, 1.165) is 0 Å². The Bertz CT molecular complexity index is 646. The molecule has 98 valence electrons. The monoisotopic (exact) mass is 338 g/mol. The van der Waals surface area contributed by atoms with Crippen molar-refractivity contribution in [3.63, 3.8) is 0 Å². The number of amides is 1. The number of carbonyl (C=O) groups is 1. The van der Waals surface area contributed by atoms with Crippen molar-refractivity contribution in [2.45, 2.75) is 4.90 Å². The molecule has 0 saturated carbocycles. The maximum Gasteiger partial charge on any atom is 0.275 e. The van der Waals surface area contributed by atoms with Gasteiger partial charge in [0.2, 0.25) is 0 Å². The second-order valence-electron chi connectivity index (χ2n) is 3.77. The highest BCUT2D eigenvalue weighted by Gasteiger charge is 2.11. The van der Waals surface area contributed by atoms with Gasteiger partial charge in [0, 0.05) is 38.3 Å². The van der Waals surface area contributed by atoms with Crippen LogP contribution in [-0.4, -0.2) is 21.4 Å². The molecule has 1 atom stereocenters. The highest BCUT2D eigenvalue weighted by molar-refractivity contribution is 9.10. The van der Waals surface area contributed by atoms with Gasteiger partial charge in [0.05, 0.1) is 0 Å². The van der Waals surface area contributed by atoms with E-state index in [-0.39, 0.29) is 5.91 Å². The molecule has 1 amide bonds. The van der Waals surface area contributed by atoms with E-state index in [0.29, 0.717) is 20.7 Å². The van der Waals surface area contributed by atoms with Crippen LogP contribution in [0.4, 0.5) is 5.69 Å². The lowest BCUT2D eigenvalue weighted by Crippen LogP contribution is -2.14. The van der Waals surface area contributed by atoms with Gasteiger partial charge in [0.25, 0.3) is 5.91 Å². The van der Waals surface area contributed by atoms with Gasteiger partial charge in [-0.2, -0.15) is 0 Å². The van der Waals surface area contributed by atoms with E-state index in [1.165, 1.54) is 0 Å². The number of rotatable bonds is 3. The van der Waals surface area contributed by atoms with Crippen LogP contribution in [0.2, 0.25) is 0 Å². The molecular weight excluding hydrogens is 328 g/mol. The third kappa shape index (κ3) is 3.48. The SMILES string of the molecule is CS(=O)c1cccc(NC(=O)c2ncccc2Br)c1. The number of benzene rings is 1. The van der Waals surface area contributed by atoms with Crippen molar-refractivity contribution < 1.29 is 9.00 Å². The van der Waals surface area contributed by atoms with Gasteiger partial charge in [0.15, 0.2) is 0 Å². The molecule has 19 heavy (non-hydrogen) atoms. The first-order chi connectivity index (χ1) is 9.08. The summed E-state index contributed by atoms with van der Waals surface area (Å²) in [6.45, 7) is 0. The number of nitrogens with one attached hydrogen (secondary N) is 1. The van der Waals surface area contributed by atoms with Crippen molar-refractivity contribution in [1.29, 1.82) is 0 Å². The van der Waals surface area contributed by atoms with Crippen molar-refractivity contribution in [1.82, 2.24) is 4.98 Å². The maximum absolute atomic E-state index is 12.0. The first kappa shape index (κ1) is 13.9. The molecule has 0 saturated heterocycles. The van der Waals surface area contributed by atoms with Crippen LogP contribution in [0.15, 0.2) is 52.0 Å². The molecule has 0 fully saturated rings. The van der Waals surface area contributed by atoms with Crippen LogP contribution in [-0.2, 0) is 10.8 Å². The topological polar surface area (TPSA) is 59.1 Å². The molecule has 0 spiro atoms. The first-order valence-corrected chi connectivity index (χ1v) is 7.78. The minimum absolute atomic E-state index is 0.311. The summed E-state index contributed by atoms with van der Waals surface area (Å²) >= 11 is 3.28. The molecule has 0 aliphatic heterocycles. The Morgan fingerprint density at radius 1 is 1.32 bits per heavy atom. The standard InChI is InChI=1S/C13H11BrN2O2S/c1-19(18)10-5-2-4-9(8-10)16-13(17)12-11(14)6-3-7-15-12/h2-8H,1H3,(H,16,17). The Balaban J connectivity index is 2.22. The van der Waals surface area contributed by atoms with Crippen LogP contribution < -0.4 is 5.32 Å². The predicted octanol–water partition coefficient (Wildman–Crippen LogP) is 2.83. The Labute approximate surface area is 121 Å². The highest BCUT2D eigenvalue weighted by atomic mass is 79.9. The van der Waals surface area contributed by atoms with Gasteiger partial charge in [-0.25, -0.2) is 4.98 Å². The molecule has 0 bridgehead atoms. The number of aromatic nitrogens is 1. The normalized spacial score (nSPS) is 11.9. The summed E-state index contributed by atoms with van der Waals surface area (Å²) in [4.78, 5) is 16.7.